The second-order valence-corrected chi connectivity index (χ2v) is 11.1. The minimum absolute atomic E-state index is 0.0682. The molecule has 0 radical (unpaired) electrons. The van der Waals surface area contributed by atoms with Crippen molar-refractivity contribution in [2.45, 2.75) is 61.9 Å². The highest BCUT2D eigenvalue weighted by atomic mass is 16.6. The molecule has 2 heterocycles. The molecule has 5 heteroatoms. The number of likely N-dealkylation sites (tertiary alicyclic amines) is 1. The largest absolute Gasteiger partial charge is 0.504 e. The van der Waals surface area contributed by atoms with Gasteiger partial charge in [0.2, 0.25) is 0 Å². The monoisotopic (exact) mass is 447 g/mol. The molecule has 6 atom stereocenters. The second-order valence-electron chi connectivity index (χ2n) is 11.1. The van der Waals surface area contributed by atoms with Gasteiger partial charge in [0.15, 0.2) is 11.5 Å². The van der Waals surface area contributed by atoms with E-state index in [1.54, 1.807) is 0 Å². The summed E-state index contributed by atoms with van der Waals surface area (Å²) < 4.78 is 19.6. The van der Waals surface area contributed by atoms with Crippen LogP contribution in [0.4, 0.5) is 0 Å². The molecular weight excluding hydrogens is 414 g/mol. The average Bonchev–Trinajstić information content (AvgIpc) is 3.21. The molecule has 0 aromatic heterocycles. The summed E-state index contributed by atoms with van der Waals surface area (Å²) in [5.41, 5.74) is 3.55. The predicted octanol–water partition coefficient (Wildman–Crippen LogP) is 4.05. The van der Waals surface area contributed by atoms with Gasteiger partial charge in [0.1, 0.15) is 11.7 Å². The number of nitrogens with zero attached hydrogens (tertiary/aromatic N) is 1. The smallest absolute Gasteiger partial charge is 0.165 e. The van der Waals surface area contributed by atoms with Crippen molar-refractivity contribution in [3.8, 4) is 11.5 Å². The van der Waals surface area contributed by atoms with Crippen LogP contribution < -0.4 is 4.74 Å². The van der Waals surface area contributed by atoms with Crippen LogP contribution in [0.25, 0.3) is 0 Å². The van der Waals surface area contributed by atoms with Crippen LogP contribution in [0, 0.1) is 11.3 Å². The first kappa shape index (κ1) is 20.3. The molecule has 1 N–H and O–H groups in total. The Morgan fingerprint density at radius 3 is 2.79 bits per heavy atom. The SMILES string of the molecule is CO[C@]12CC[C@@]3(C[C@H]1COCc1ccccc1)[C@H]1Cc4ccc(O)c5c4[C@@]3(CCN1C)C2O5. The summed E-state index contributed by atoms with van der Waals surface area (Å²) in [4.78, 5) is 2.60. The zero-order valence-corrected chi connectivity index (χ0v) is 19.5. The van der Waals surface area contributed by atoms with Crippen LogP contribution in [0.5, 0.6) is 11.5 Å². The lowest BCUT2D eigenvalue weighted by Gasteiger charge is -2.73. The van der Waals surface area contributed by atoms with Gasteiger partial charge in [-0.3, -0.25) is 0 Å². The number of hydrogen-bond acceptors (Lipinski definition) is 5. The third-order valence-electron chi connectivity index (χ3n) is 10.2. The first-order chi connectivity index (χ1) is 16.1. The van der Waals surface area contributed by atoms with Gasteiger partial charge in [0.25, 0.3) is 0 Å². The molecule has 1 saturated heterocycles. The van der Waals surface area contributed by atoms with Crippen LogP contribution in [-0.4, -0.2) is 55.1 Å². The molecule has 1 unspecified atom stereocenters. The number of phenolic OH excluding ortho intramolecular Hbond substituents is 1. The number of methoxy groups -OCH3 is 1. The fourth-order valence-corrected chi connectivity index (χ4v) is 8.92. The number of hydrogen-bond donors (Lipinski definition) is 1. The van der Waals surface area contributed by atoms with E-state index in [0.29, 0.717) is 19.3 Å². The van der Waals surface area contributed by atoms with Crippen molar-refractivity contribution in [1.29, 1.82) is 0 Å². The lowest BCUT2D eigenvalue weighted by molar-refractivity contribution is -0.282. The molecule has 174 valence electrons. The first-order valence-corrected chi connectivity index (χ1v) is 12.4. The van der Waals surface area contributed by atoms with Crippen LogP contribution in [-0.2, 0) is 27.9 Å². The van der Waals surface area contributed by atoms with E-state index in [1.165, 1.54) is 16.7 Å². The van der Waals surface area contributed by atoms with E-state index < -0.39 is 0 Å². The number of benzene rings is 2. The van der Waals surface area contributed by atoms with Gasteiger partial charge in [0, 0.05) is 35.5 Å². The maximum absolute atomic E-state index is 10.8. The van der Waals surface area contributed by atoms with Gasteiger partial charge in [-0.15, -0.1) is 0 Å². The molecule has 5 nitrogen and oxygen atoms in total. The summed E-state index contributed by atoms with van der Waals surface area (Å²) in [5, 5.41) is 10.8. The Bertz CT molecular complexity index is 1100. The van der Waals surface area contributed by atoms with Gasteiger partial charge in [-0.2, -0.15) is 0 Å². The molecule has 3 saturated carbocycles. The van der Waals surface area contributed by atoms with E-state index in [-0.39, 0.29) is 34.2 Å². The molecular formula is C28H33NO4. The average molecular weight is 448 g/mol. The Morgan fingerprint density at radius 1 is 1.12 bits per heavy atom. The predicted molar refractivity (Wildman–Crippen MR) is 125 cm³/mol. The minimum Gasteiger partial charge on any atom is -0.504 e. The summed E-state index contributed by atoms with van der Waals surface area (Å²) in [6.45, 7) is 2.36. The van der Waals surface area contributed by atoms with E-state index >= 15 is 0 Å². The highest BCUT2D eigenvalue weighted by molar-refractivity contribution is 5.63. The molecule has 2 aromatic rings. The third kappa shape index (κ3) is 2.29. The molecule has 33 heavy (non-hydrogen) atoms. The molecule has 4 bridgehead atoms. The van der Waals surface area contributed by atoms with Crippen LogP contribution in [0.1, 0.15) is 42.4 Å². The zero-order chi connectivity index (χ0) is 22.4. The summed E-state index contributed by atoms with van der Waals surface area (Å²) in [5.74, 6) is 1.29. The Hall–Kier alpha value is -2.08. The van der Waals surface area contributed by atoms with E-state index in [1.807, 2.05) is 19.2 Å². The van der Waals surface area contributed by atoms with Crippen LogP contribution in [0.2, 0.25) is 0 Å². The number of fused-ring (bicyclic) bond motifs is 2. The van der Waals surface area contributed by atoms with Gasteiger partial charge < -0.3 is 24.2 Å². The topological polar surface area (TPSA) is 51.2 Å². The highest BCUT2D eigenvalue weighted by Gasteiger charge is 2.80. The lowest BCUT2D eigenvalue weighted by atomic mass is 9.35. The molecule has 2 aromatic carbocycles. The number of ether oxygens (including phenoxy) is 3. The summed E-state index contributed by atoms with van der Waals surface area (Å²) in [7, 11) is 4.17. The van der Waals surface area contributed by atoms with Gasteiger partial charge in [0.05, 0.1) is 13.2 Å². The van der Waals surface area contributed by atoms with Crippen molar-refractivity contribution in [1.82, 2.24) is 4.90 Å². The van der Waals surface area contributed by atoms with Gasteiger partial charge >= 0.3 is 0 Å². The number of rotatable bonds is 5. The summed E-state index contributed by atoms with van der Waals surface area (Å²) in [6, 6.07) is 14.9. The normalized spacial score (nSPS) is 39.9. The van der Waals surface area contributed by atoms with E-state index in [0.717, 1.165) is 44.4 Å². The number of piperidine rings is 1. The standard InChI is InChI=1S/C28H33NO4/c1-29-13-12-27-23-19-8-9-21(30)24(23)33-25(27)28(31-2)11-10-26(27,22(29)14-19)15-20(28)17-32-16-18-6-4-3-5-7-18/h3-9,20,22,25,30H,10-17H2,1-2H3/t20-,22+,25?,26+,27-,28+/m0/s1. The number of likely N-dealkylation sites (N-methyl/N-ethyl adjacent to an activating group) is 1. The first-order valence-electron chi connectivity index (χ1n) is 12.4. The minimum atomic E-state index is -0.390. The van der Waals surface area contributed by atoms with Crippen molar-refractivity contribution < 1.29 is 19.3 Å². The van der Waals surface area contributed by atoms with E-state index in [4.69, 9.17) is 14.2 Å². The fraction of sp³-hybridized carbons (Fsp3) is 0.571. The van der Waals surface area contributed by atoms with Crippen molar-refractivity contribution >= 4 is 0 Å². The van der Waals surface area contributed by atoms with Crippen LogP contribution in [0.3, 0.4) is 0 Å². The number of phenols is 1. The van der Waals surface area contributed by atoms with Crippen molar-refractivity contribution in [2.75, 3.05) is 27.3 Å². The third-order valence-corrected chi connectivity index (χ3v) is 10.2. The number of aromatic hydroxyl groups is 1. The molecule has 4 aliphatic carbocycles. The summed E-state index contributed by atoms with van der Waals surface area (Å²) in [6.07, 6.45) is 5.27. The van der Waals surface area contributed by atoms with Crippen LogP contribution in [0.15, 0.2) is 42.5 Å². The highest BCUT2D eigenvalue weighted by Crippen LogP contribution is 2.76. The maximum Gasteiger partial charge on any atom is 0.165 e. The molecule has 8 rings (SSSR count). The molecule has 0 amide bonds. The van der Waals surface area contributed by atoms with Crippen molar-refractivity contribution in [3.63, 3.8) is 0 Å². The van der Waals surface area contributed by atoms with Gasteiger partial charge in [-0.05, 0) is 62.9 Å². The van der Waals surface area contributed by atoms with Crippen LogP contribution >= 0.6 is 0 Å². The fourth-order valence-electron chi connectivity index (χ4n) is 8.92. The van der Waals surface area contributed by atoms with Crippen molar-refractivity contribution in [2.24, 2.45) is 11.3 Å². The lowest BCUT2D eigenvalue weighted by Crippen LogP contribution is -2.81. The molecule has 2 spiro atoms. The Labute approximate surface area is 195 Å². The Morgan fingerprint density at radius 2 is 1.97 bits per heavy atom. The van der Waals surface area contributed by atoms with E-state index in [9.17, 15) is 5.11 Å². The maximum atomic E-state index is 10.8. The summed E-state index contributed by atoms with van der Waals surface area (Å²) >= 11 is 0. The Balaban J connectivity index is 1.32. The van der Waals surface area contributed by atoms with Gasteiger partial charge in [-0.25, -0.2) is 0 Å². The molecule has 6 aliphatic rings. The van der Waals surface area contributed by atoms with Gasteiger partial charge in [-0.1, -0.05) is 36.4 Å². The van der Waals surface area contributed by atoms with Crippen molar-refractivity contribution in [3.05, 3.63) is 59.2 Å². The molecule has 2 aliphatic heterocycles. The quantitative estimate of drug-likeness (QED) is 0.749. The zero-order valence-electron chi connectivity index (χ0n) is 19.5. The molecule has 4 fully saturated rings. The Kier molecular flexibility index (Phi) is 4.15. The van der Waals surface area contributed by atoms with E-state index in [2.05, 4.69) is 42.3 Å². The second kappa shape index (κ2) is 6.74.